The Hall–Kier alpha value is -0.110. The van der Waals surface area contributed by atoms with E-state index in [2.05, 4.69) is 0 Å². The third kappa shape index (κ3) is 9.89. The molecule has 0 amide bonds. The van der Waals surface area contributed by atoms with Gasteiger partial charge in [-0.05, 0) is 26.9 Å². The summed E-state index contributed by atoms with van der Waals surface area (Å²) in [5.74, 6) is 0.153. The summed E-state index contributed by atoms with van der Waals surface area (Å²) >= 11 is 0. The van der Waals surface area contributed by atoms with Crippen molar-refractivity contribution in [2.45, 2.75) is 33.9 Å². The molecule has 2 unspecified atom stereocenters. The second-order valence-electron chi connectivity index (χ2n) is 2.92. The summed E-state index contributed by atoms with van der Waals surface area (Å²) in [5, 5.41) is 0. The van der Waals surface area contributed by atoms with Crippen LogP contribution >= 0.6 is 0 Å². The van der Waals surface area contributed by atoms with Crippen molar-refractivity contribution in [2.24, 2.45) is 5.92 Å². The molecule has 0 N–H and O–H groups in total. The summed E-state index contributed by atoms with van der Waals surface area (Å²) in [6.07, 6.45) is -0.688. The molecular formula is C9H22FN. The minimum atomic E-state index is -0.688. The Morgan fingerprint density at radius 2 is 1.55 bits per heavy atom. The Balaban J connectivity index is 0. The van der Waals surface area contributed by atoms with Crippen molar-refractivity contribution in [1.29, 1.82) is 0 Å². The molecule has 70 valence electrons. The average molecular weight is 163 g/mol. The summed E-state index contributed by atoms with van der Waals surface area (Å²) in [6, 6.07) is 0. The maximum Gasteiger partial charge on any atom is 0.101 e. The van der Waals surface area contributed by atoms with Gasteiger partial charge >= 0.3 is 0 Å². The standard InChI is InChI=1S/C7H16FN.C2H6/c1-6(7(2)8)5-9(3)4;1-2/h6-7H,5H2,1-4H3;1-2H3. The SMILES string of the molecule is CC.CC(F)C(C)CN(C)C. The zero-order valence-electron chi connectivity index (χ0n) is 8.69. The van der Waals surface area contributed by atoms with Crippen molar-refractivity contribution in [3.05, 3.63) is 0 Å². The number of nitrogens with zero attached hydrogens (tertiary/aromatic N) is 1. The summed E-state index contributed by atoms with van der Waals surface area (Å²) in [6.45, 7) is 8.36. The normalized spacial score (nSPS) is 15.3. The van der Waals surface area contributed by atoms with Gasteiger partial charge in [0.05, 0.1) is 0 Å². The van der Waals surface area contributed by atoms with E-state index in [4.69, 9.17) is 0 Å². The molecule has 0 aromatic heterocycles. The van der Waals surface area contributed by atoms with Crippen LogP contribution in [-0.4, -0.2) is 31.7 Å². The van der Waals surface area contributed by atoms with Gasteiger partial charge in [-0.3, -0.25) is 0 Å². The van der Waals surface area contributed by atoms with Gasteiger partial charge in [0, 0.05) is 6.54 Å². The van der Waals surface area contributed by atoms with Gasteiger partial charge in [0.1, 0.15) is 6.17 Å². The molecule has 0 rings (SSSR count). The number of halogens is 1. The molecule has 0 saturated heterocycles. The van der Waals surface area contributed by atoms with Crippen LogP contribution in [0.1, 0.15) is 27.7 Å². The predicted octanol–water partition coefficient (Wildman–Crippen LogP) is 2.57. The maximum absolute atomic E-state index is 12.4. The predicted molar refractivity (Wildman–Crippen MR) is 49.6 cm³/mol. The van der Waals surface area contributed by atoms with Crippen LogP contribution in [0.2, 0.25) is 0 Å². The van der Waals surface area contributed by atoms with Crippen LogP contribution in [-0.2, 0) is 0 Å². The van der Waals surface area contributed by atoms with Gasteiger partial charge in [-0.1, -0.05) is 20.8 Å². The first kappa shape index (κ1) is 13.5. The van der Waals surface area contributed by atoms with Gasteiger partial charge in [0.25, 0.3) is 0 Å². The average Bonchev–Trinajstić information content (AvgIpc) is 1.90. The zero-order valence-corrected chi connectivity index (χ0v) is 8.69. The molecule has 2 atom stereocenters. The molecule has 1 nitrogen and oxygen atoms in total. The topological polar surface area (TPSA) is 3.24 Å². The zero-order chi connectivity index (χ0) is 9.44. The van der Waals surface area contributed by atoms with E-state index < -0.39 is 6.17 Å². The Morgan fingerprint density at radius 3 is 1.64 bits per heavy atom. The molecule has 0 aliphatic heterocycles. The summed E-state index contributed by atoms with van der Waals surface area (Å²) in [7, 11) is 3.91. The first-order valence-electron chi connectivity index (χ1n) is 4.33. The minimum absolute atomic E-state index is 0.153. The van der Waals surface area contributed by atoms with Crippen LogP contribution in [0, 0.1) is 5.92 Å². The van der Waals surface area contributed by atoms with E-state index in [9.17, 15) is 4.39 Å². The van der Waals surface area contributed by atoms with Crippen LogP contribution < -0.4 is 0 Å². The second kappa shape index (κ2) is 7.99. The first-order valence-corrected chi connectivity index (χ1v) is 4.33. The highest BCUT2D eigenvalue weighted by Gasteiger charge is 2.10. The van der Waals surface area contributed by atoms with Crippen LogP contribution in [0.5, 0.6) is 0 Å². The Kier molecular flexibility index (Phi) is 9.79. The monoisotopic (exact) mass is 163 g/mol. The Labute approximate surface area is 70.6 Å². The number of hydrogen-bond donors (Lipinski definition) is 0. The highest BCUT2D eigenvalue weighted by atomic mass is 19.1. The first-order chi connectivity index (χ1) is 5.04. The second-order valence-corrected chi connectivity index (χ2v) is 2.92. The molecule has 0 spiro atoms. The lowest BCUT2D eigenvalue weighted by Crippen LogP contribution is -2.24. The molecule has 0 fully saturated rings. The maximum atomic E-state index is 12.4. The Morgan fingerprint density at radius 1 is 1.18 bits per heavy atom. The smallest absolute Gasteiger partial charge is 0.101 e. The van der Waals surface area contributed by atoms with Crippen LogP contribution in [0.4, 0.5) is 4.39 Å². The number of hydrogen-bond acceptors (Lipinski definition) is 1. The van der Waals surface area contributed by atoms with Crippen LogP contribution in [0.3, 0.4) is 0 Å². The van der Waals surface area contributed by atoms with E-state index in [0.29, 0.717) is 0 Å². The fourth-order valence-corrected chi connectivity index (χ4v) is 0.721. The lowest BCUT2D eigenvalue weighted by atomic mass is 10.1. The lowest BCUT2D eigenvalue weighted by molar-refractivity contribution is 0.215. The lowest BCUT2D eigenvalue weighted by Gasteiger charge is -2.17. The number of alkyl halides is 1. The van der Waals surface area contributed by atoms with Crippen molar-refractivity contribution in [3.8, 4) is 0 Å². The summed E-state index contributed by atoms with van der Waals surface area (Å²) < 4.78 is 12.4. The van der Waals surface area contributed by atoms with Gasteiger partial charge in [-0.15, -0.1) is 0 Å². The van der Waals surface area contributed by atoms with Gasteiger partial charge in [-0.2, -0.15) is 0 Å². The molecule has 0 bridgehead atoms. The van der Waals surface area contributed by atoms with Crippen molar-refractivity contribution in [1.82, 2.24) is 4.90 Å². The molecule has 0 aliphatic rings. The molecule has 0 aliphatic carbocycles. The highest BCUT2D eigenvalue weighted by molar-refractivity contribution is 4.61. The molecule has 11 heavy (non-hydrogen) atoms. The molecule has 0 aromatic carbocycles. The van der Waals surface area contributed by atoms with Gasteiger partial charge in [-0.25, -0.2) is 4.39 Å². The van der Waals surface area contributed by atoms with Crippen molar-refractivity contribution in [2.75, 3.05) is 20.6 Å². The fourth-order valence-electron chi connectivity index (χ4n) is 0.721. The molecule has 0 saturated carbocycles. The quantitative estimate of drug-likeness (QED) is 0.618. The Bertz CT molecular complexity index is 72.0. The van der Waals surface area contributed by atoms with Gasteiger partial charge in [0.2, 0.25) is 0 Å². The van der Waals surface area contributed by atoms with E-state index in [1.165, 1.54) is 0 Å². The largest absolute Gasteiger partial charge is 0.309 e. The van der Waals surface area contributed by atoms with Crippen molar-refractivity contribution < 1.29 is 4.39 Å². The van der Waals surface area contributed by atoms with E-state index in [-0.39, 0.29) is 5.92 Å². The molecule has 2 heteroatoms. The van der Waals surface area contributed by atoms with Crippen molar-refractivity contribution >= 4 is 0 Å². The van der Waals surface area contributed by atoms with Crippen LogP contribution in [0.25, 0.3) is 0 Å². The van der Waals surface area contributed by atoms with E-state index in [1.807, 2.05) is 39.8 Å². The summed E-state index contributed by atoms with van der Waals surface area (Å²) in [4.78, 5) is 2.00. The number of rotatable bonds is 3. The van der Waals surface area contributed by atoms with E-state index in [0.717, 1.165) is 6.54 Å². The van der Waals surface area contributed by atoms with Gasteiger partial charge < -0.3 is 4.90 Å². The molecular weight excluding hydrogens is 141 g/mol. The highest BCUT2D eigenvalue weighted by Crippen LogP contribution is 2.06. The molecule has 0 aromatic rings. The minimum Gasteiger partial charge on any atom is -0.309 e. The third-order valence-electron chi connectivity index (χ3n) is 1.44. The van der Waals surface area contributed by atoms with E-state index in [1.54, 1.807) is 6.92 Å². The van der Waals surface area contributed by atoms with Crippen molar-refractivity contribution in [3.63, 3.8) is 0 Å². The van der Waals surface area contributed by atoms with Gasteiger partial charge in [0.15, 0.2) is 0 Å². The fraction of sp³-hybridized carbons (Fsp3) is 1.00. The third-order valence-corrected chi connectivity index (χ3v) is 1.44. The van der Waals surface area contributed by atoms with E-state index >= 15 is 0 Å². The molecule has 0 heterocycles. The summed E-state index contributed by atoms with van der Waals surface area (Å²) in [5.41, 5.74) is 0. The van der Waals surface area contributed by atoms with Crippen LogP contribution in [0.15, 0.2) is 0 Å². The molecule has 0 radical (unpaired) electrons.